The van der Waals surface area contributed by atoms with Crippen LogP contribution in [-0.2, 0) is 0 Å². The second-order valence-electron chi connectivity index (χ2n) is 3.30. The molecule has 0 spiro atoms. The van der Waals surface area contributed by atoms with E-state index in [0.717, 1.165) is 16.7 Å². The number of aromatic nitrogens is 3. The Bertz CT molecular complexity index is 578. The molecule has 0 bridgehead atoms. The van der Waals surface area contributed by atoms with E-state index in [1.807, 2.05) is 12.1 Å². The second kappa shape index (κ2) is 4.02. The summed E-state index contributed by atoms with van der Waals surface area (Å²) in [5.41, 5.74) is 8.71. The second-order valence-corrected chi connectivity index (χ2v) is 3.30. The molecule has 2 rings (SSSR count). The molecule has 0 atom stereocenters. The van der Waals surface area contributed by atoms with E-state index in [2.05, 4.69) is 28.3 Å². The molecule has 2 heterocycles. The van der Waals surface area contributed by atoms with Crippen molar-refractivity contribution in [2.45, 2.75) is 0 Å². The summed E-state index contributed by atoms with van der Waals surface area (Å²) in [6.07, 6.45) is 6.86. The summed E-state index contributed by atoms with van der Waals surface area (Å²) in [5, 5.41) is 7.90. The molecule has 0 fully saturated rings. The molecule has 3 N–H and O–H groups in total. The highest BCUT2D eigenvalue weighted by atomic mass is 15.1. The molecule has 16 heavy (non-hydrogen) atoms. The first-order valence-corrected chi connectivity index (χ1v) is 4.81. The van der Waals surface area contributed by atoms with Crippen LogP contribution in [0.25, 0.3) is 16.6 Å². The molecular weight excluding hydrogens is 200 g/mol. The summed E-state index contributed by atoms with van der Waals surface area (Å²) in [6, 6.07) is 1.83. The highest BCUT2D eigenvalue weighted by molar-refractivity contribution is 5.92. The monoisotopic (exact) mass is 212 g/mol. The molecule has 0 radical (unpaired) electrons. The van der Waals surface area contributed by atoms with Gasteiger partial charge in [0.25, 0.3) is 0 Å². The van der Waals surface area contributed by atoms with Crippen LogP contribution in [0.4, 0.5) is 5.69 Å². The molecule has 2 aromatic heterocycles. The molecule has 0 aliphatic heterocycles. The molecule has 4 nitrogen and oxygen atoms in total. The topological polar surface area (TPSA) is 67.6 Å². The number of fused-ring (bicyclic) bond motifs is 1. The minimum atomic E-state index is 0.608. The molecule has 2 aromatic rings. The van der Waals surface area contributed by atoms with Crippen LogP contribution in [0.15, 0.2) is 43.6 Å². The van der Waals surface area contributed by atoms with Gasteiger partial charge in [-0.1, -0.05) is 31.4 Å². The summed E-state index contributed by atoms with van der Waals surface area (Å²) in [5.74, 6) is 0. The number of rotatable bonds is 3. The van der Waals surface area contributed by atoms with E-state index < -0.39 is 0 Å². The Morgan fingerprint density at radius 1 is 1.44 bits per heavy atom. The van der Waals surface area contributed by atoms with Gasteiger partial charge in [0.2, 0.25) is 0 Å². The van der Waals surface area contributed by atoms with E-state index in [1.54, 1.807) is 18.3 Å². The third-order valence-corrected chi connectivity index (χ3v) is 2.24. The number of anilines is 1. The first-order chi connectivity index (χ1) is 7.76. The van der Waals surface area contributed by atoms with Crippen LogP contribution < -0.4 is 5.73 Å². The standard InChI is InChI=1S/C12H12N4/c1-3-5-8(4-2)11-10-6-9(13)7-14-12(10)16-15-11/h3-7H,1-2,13H2,(H,14,15,16)/b8-5+. The van der Waals surface area contributed by atoms with Crippen LogP contribution in [0.3, 0.4) is 0 Å². The molecule has 80 valence electrons. The van der Waals surface area contributed by atoms with Crippen molar-refractivity contribution >= 4 is 22.3 Å². The normalized spacial score (nSPS) is 11.6. The fraction of sp³-hybridized carbons (Fsp3) is 0. The number of nitrogen functional groups attached to an aromatic ring is 1. The summed E-state index contributed by atoms with van der Waals surface area (Å²) >= 11 is 0. The fourth-order valence-corrected chi connectivity index (χ4v) is 1.52. The first-order valence-electron chi connectivity index (χ1n) is 4.81. The number of hydrogen-bond acceptors (Lipinski definition) is 3. The minimum Gasteiger partial charge on any atom is -0.397 e. The Morgan fingerprint density at radius 2 is 2.25 bits per heavy atom. The van der Waals surface area contributed by atoms with Gasteiger partial charge in [0.1, 0.15) is 0 Å². The molecule has 0 aliphatic rings. The van der Waals surface area contributed by atoms with E-state index in [9.17, 15) is 0 Å². The Morgan fingerprint density at radius 3 is 2.94 bits per heavy atom. The number of hydrogen-bond donors (Lipinski definition) is 2. The zero-order chi connectivity index (χ0) is 11.5. The lowest BCUT2D eigenvalue weighted by Gasteiger charge is -1.98. The van der Waals surface area contributed by atoms with Gasteiger partial charge in [-0.2, -0.15) is 5.10 Å². The van der Waals surface area contributed by atoms with Crippen molar-refractivity contribution in [1.29, 1.82) is 0 Å². The third-order valence-electron chi connectivity index (χ3n) is 2.24. The van der Waals surface area contributed by atoms with Crippen LogP contribution in [0.2, 0.25) is 0 Å². The van der Waals surface area contributed by atoms with Crippen LogP contribution >= 0.6 is 0 Å². The molecule has 0 aliphatic carbocycles. The summed E-state index contributed by atoms with van der Waals surface area (Å²) in [7, 11) is 0. The molecule has 0 aromatic carbocycles. The van der Waals surface area contributed by atoms with Gasteiger partial charge in [-0.05, 0) is 11.6 Å². The Labute approximate surface area is 93.2 Å². The summed E-state index contributed by atoms with van der Waals surface area (Å²) in [6.45, 7) is 7.41. The summed E-state index contributed by atoms with van der Waals surface area (Å²) in [4.78, 5) is 4.12. The molecule has 0 amide bonds. The van der Waals surface area contributed by atoms with Crippen molar-refractivity contribution in [2.24, 2.45) is 0 Å². The lowest BCUT2D eigenvalue weighted by atomic mass is 10.1. The molecule has 0 saturated carbocycles. The predicted octanol–water partition coefficient (Wildman–Crippen LogP) is 2.30. The van der Waals surface area contributed by atoms with Crippen molar-refractivity contribution in [3.05, 3.63) is 49.3 Å². The number of H-pyrrole nitrogens is 1. The van der Waals surface area contributed by atoms with Crippen molar-refractivity contribution in [1.82, 2.24) is 15.2 Å². The van der Waals surface area contributed by atoms with Crippen molar-refractivity contribution in [3.8, 4) is 0 Å². The Hall–Kier alpha value is -2.36. The average Bonchev–Trinajstić information content (AvgIpc) is 2.69. The quantitative estimate of drug-likeness (QED) is 0.767. The van der Waals surface area contributed by atoms with E-state index in [0.29, 0.717) is 11.3 Å². The Balaban J connectivity index is 2.69. The van der Waals surface area contributed by atoms with Gasteiger partial charge in [0.05, 0.1) is 17.6 Å². The molecule has 0 saturated heterocycles. The lowest BCUT2D eigenvalue weighted by Crippen LogP contribution is -1.87. The van der Waals surface area contributed by atoms with Gasteiger partial charge in [-0.3, -0.25) is 5.10 Å². The van der Waals surface area contributed by atoms with E-state index in [-0.39, 0.29) is 0 Å². The molecule has 0 unspecified atom stereocenters. The molecule has 4 heteroatoms. The number of pyridine rings is 1. The smallest absolute Gasteiger partial charge is 0.181 e. The third kappa shape index (κ3) is 1.61. The van der Waals surface area contributed by atoms with E-state index >= 15 is 0 Å². The summed E-state index contributed by atoms with van der Waals surface area (Å²) < 4.78 is 0. The zero-order valence-corrected chi connectivity index (χ0v) is 8.77. The van der Waals surface area contributed by atoms with Crippen molar-refractivity contribution < 1.29 is 0 Å². The average molecular weight is 212 g/mol. The number of aromatic amines is 1. The number of nitrogens with zero attached hydrogens (tertiary/aromatic N) is 2. The predicted molar refractivity (Wildman–Crippen MR) is 66.7 cm³/mol. The minimum absolute atomic E-state index is 0.608. The maximum atomic E-state index is 5.70. The van der Waals surface area contributed by atoms with Gasteiger partial charge in [0.15, 0.2) is 5.65 Å². The number of nitrogens with two attached hydrogens (primary N) is 1. The van der Waals surface area contributed by atoms with Crippen LogP contribution in [0.1, 0.15) is 5.69 Å². The number of nitrogens with one attached hydrogen (secondary N) is 1. The Kier molecular flexibility index (Phi) is 2.55. The van der Waals surface area contributed by atoms with Crippen LogP contribution in [0, 0.1) is 0 Å². The van der Waals surface area contributed by atoms with Gasteiger partial charge in [-0.25, -0.2) is 4.98 Å². The molecular formula is C12H12N4. The highest BCUT2D eigenvalue weighted by Gasteiger charge is 2.08. The van der Waals surface area contributed by atoms with Crippen LogP contribution in [0.5, 0.6) is 0 Å². The SMILES string of the molecule is C=C/C=C(\C=C)c1[nH]nc2ncc(N)cc12. The van der Waals surface area contributed by atoms with Gasteiger partial charge < -0.3 is 5.73 Å². The lowest BCUT2D eigenvalue weighted by molar-refractivity contribution is 1.08. The van der Waals surface area contributed by atoms with E-state index in [4.69, 9.17) is 5.73 Å². The van der Waals surface area contributed by atoms with Gasteiger partial charge in [-0.15, -0.1) is 0 Å². The van der Waals surface area contributed by atoms with Gasteiger partial charge in [0, 0.05) is 5.39 Å². The van der Waals surface area contributed by atoms with Crippen molar-refractivity contribution in [3.63, 3.8) is 0 Å². The number of allylic oxidation sites excluding steroid dienone is 4. The first kappa shape index (κ1) is 10.2. The highest BCUT2D eigenvalue weighted by Crippen LogP contribution is 2.23. The van der Waals surface area contributed by atoms with Crippen molar-refractivity contribution in [2.75, 3.05) is 5.73 Å². The fourth-order valence-electron chi connectivity index (χ4n) is 1.52. The maximum Gasteiger partial charge on any atom is 0.181 e. The maximum absolute atomic E-state index is 5.70. The van der Waals surface area contributed by atoms with E-state index in [1.165, 1.54) is 0 Å². The van der Waals surface area contributed by atoms with Crippen LogP contribution in [-0.4, -0.2) is 15.2 Å². The zero-order valence-electron chi connectivity index (χ0n) is 8.77. The van der Waals surface area contributed by atoms with Gasteiger partial charge >= 0.3 is 0 Å². The largest absolute Gasteiger partial charge is 0.397 e.